The van der Waals surface area contributed by atoms with Crippen LogP contribution in [0.4, 0.5) is 4.39 Å². The lowest BCUT2D eigenvalue weighted by Crippen LogP contribution is -2.36. The monoisotopic (exact) mass is 359 g/mol. The molecule has 0 unspecified atom stereocenters. The topological polar surface area (TPSA) is 54.9 Å². The number of rotatable bonds is 8. The summed E-state index contributed by atoms with van der Waals surface area (Å²) in [6, 6.07) is 12.8. The molecule has 2 aromatic carbocycles. The Morgan fingerprint density at radius 2 is 1.92 bits per heavy atom. The highest BCUT2D eigenvalue weighted by Gasteiger charge is 2.05. The van der Waals surface area contributed by atoms with Crippen molar-refractivity contribution >= 4 is 5.96 Å². The fraction of sp³-hybridized carbons (Fsp3) is 0.350. The zero-order chi connectivity index (χ0) is 18.8. The number of guanidine groups is 1. The summed E-state index contributed by atoms with van der Waals surface area (Å²) in [5.41, 5.74) is 2.57. The van der Waals surface area contributed by atoms with Gasteiger partial charge in [-0.15, -0.1) is 0 Å². The van der Waals surface area contributed by atoms with Crippen molar-refractivity contribution in [3.63, 3.8) is 0 Å². The zero-order valence-electron chi connectivity index (χ0n) is 15.5. The van der Waals surface area contributed by atoms with E-state index in [-0.39, 0.29) is 12.4 Å². The quantitative estimate of drug-likeness (QED) is 0.561. The summed E-state index contributed by atoms with van der Waals surface area (Å²) in [6.07, 6.45) is 0. The molecule has 2 aromatic rings. The molecule has 0 aliphatic heterocycles. The molecular formula is C20H26FN3O2. The molecule has 0 spiro atoms. The summed E-state index contributed by atoms with van der Waals surface area (Å²) in [7, 11) is 3.20. The van der Waals surface area contributed by atoms with Crippen LogP contribution in [-0.2, 0) is 24.4 Å². The fourth-order valence-corrected chi connectivity index (χ4v) is 2.47. The van der Waals surface area contributed by atoms with Crippen LogP contribution in [0.15, 0.2) is 47.5 Å². The second-order valence-corrected chi connectivity index (χ2v) is 5.76. The van der Waals surface area contributed by atoms with Crippen molar-refractivity contribution in [1.82, 2.24) is 10.6 Å². The van der Waals surface area contributed by atoms with Crippen LogP contribution in [0, 0.1) is 5.82 Å². The Kier molecular flexibility index (Phi) is 7.89. The van der Waals surface area contributed by atoms with Gasteiger partial charge in [0.15, 0.2) is 5.96 Å². The van der Waals surface area contributed by atoms with Gasteiger partial charge in [0, 0.05) is 25.8 Å². The van der Waals surface area contributed by atoms with Crippen LogP contribution in [0.25, 0.3) is 0 Å². The molecule has 26 heavy (non-hydrogen) atoms. The average Bonchev–Trinajstić information content (AvgIpc) is 2.66. The fourth-order valence-electron chi connectivity index (χ4n) is 2.47. The van der Waals surface area contributed by atoms with Gasteiger partial charge in [0.1, 0.15) is 11.6 Å². The predicted octanol–water partition coefficient (Wildman–Crippen LogP) is 3.24. The average molecular weight is 359 g/mol. The Balaban J connectivity index is 2.02. The molecule has 0 bridgehead atoms. The predicted molar refractivity (Wildman–Crippen MR) is 102 cm³/mol. The third-order valence-electron chi connectivity index (χ3n) is 3.77. The smallest absolute Gasteiger partial charge is 0.191 e. The molecule has 0 saturated carbocycles. The van der Waals surface area contributed by atoms with E-state index in [0.29, 0.717) is 24.6 Å². The second kappa shape index (κ2) is 10.4. The van der Waals surface area contributed by atoms with E-state index in [1.165, 1.54) is 6.07 Å². The Labute approximate surface area is 154 Å². The molecule has 0 amide bonds. The van der Waals surface area contributed by atoms with Gasteiger partial charge in [-0.1, -0.05) is 18.2 Å². The van der Waals surface area contributed by atoms with Gasteiger partial charge in [0.05, 0.1) is 20.3 Å². The van der Waals surface area contributed by atoms with Crippen LogP contribution in [0.5, 0.6) is 5.75 Å². The Bertz CT molecular complexity index is 735. The van der Waals surface area contributed by atoms with Crippen LogP contribution < -0.4 is 15.4 Å². The molecule has 0 aliphatic rings. The zero-order valence-corrected chi connectivity index (χ0v) is 15.5. The maximum Gasteiger partial charge on any atom is 0.191 e. The van der Waals surface area contributed by atoms with Gasteiger partial charge in [-0.05, 0) is 42.3 Å². The van der Waals surface area contributed by atoms with E-state index in [4.69, 9.17) is 9.47 Å². The normalized spacial score (nSPS) is 11.3. The molecule has 0 atom stereocenters. The molecular weight excluding hydrogens is 333 g/mol. The van der Waals surface area contributed by atoms with E-state index in [2.05, 4.69) is 15.6 Å². The van der Waals surface area contributed by atoms with E-state index in [0.717, 1.165) is 23.4 Å². The number of hydrogen-bond donors (Lipinski definition) is 2. The standard InChI is InChI=1S/C20H26FN3O2/c1-4-22-20(23-12-15-6-5-7-18(11-15)26-3)24-13-16-8-9-19(21)17(10-16)14-25-2/h5-11H,4,12-14H2,1-3H3,(H2,22,23,24). The summed E-state index contributed by atoms with van der Waals surface area (Å²) in [5.74, 6) is 1.26. The molecule has 5 nitrogen and oxygen atoms in total. The summed E-state index contributed by atoms with van der Waals surface area (Å²) >= 11 is 0. The number of ether oxygens (including phenoxy) is 2. The van der Waals surface area contributed by atoms with E-state index < -0.39 is 0 Å². The van der Waals surface area contributed by atoms with Crippen molar-refractivity contribution in [2.45, 2.75) is 26.6 Å². The number of nitrogens with zero attached hydrogens (tertiary/aromatic N) is 1. The van der Waals surface area contributed by atoms with E-state index in [1.54, 1.807) is 26.4 Å². The minimum Gasteiger partial charge on any atom is -0.497 e. The molecule has 6 heteroatoms. The first kappa shape index (κ1) is 19.7. The first-order chi connectivity index (χ1) is 12.7. The van der Waals surface area contributed by atoms with Gasteiger partial charge in [-0.25, -0.2) is 9.38 Å². The second-order valence-electron chi connectivity index (χ2n) is 5.76. The summed E-state index contributed by atoms with van der Waals surface area (Å²) in [6.45, 7) is 4.09. The van der Waals surface area contributed by atoms with Crippen LogP contribution in [0.3, 0.4) is 0 Å². The molecule has 0 heterocycles. The Morgan fingerprint density at radius 1 is 1.08 bits per heavy atom. The lowest BCUT2D eigenvalue weighted by molar-refractivity contribution is 0.181. The number of halogens is 1. The highest BCUT2D eigenvalue weighted by molar-refractivity contribution is 5.79. The lowest BCUT2D eigenvalue weighted by Gasteiger charge is -2.12. The number of benzene rings is 2. The third-order valence-corrected chi connectivity index (χ3v) is 3.77. The van der Waals surface area contributed by atoms with Crippen molar-refractivity contribution < 1.29 is 13.9 Å². The molecule has 0 aromatic heterocycles. The lowest BCUT2D eigenvalue weighted by atomic mass is 10.1. The number of aliphatic imine (C=N–C) groups is 1. The molecule has 0 saturated heterocycles. The largest absolute Gasteiger partial charge is 0.497 e. The SMILES string of the molecule is CCNC(=NCc1cccc(OC)c1)NCc1ccc(F)c(COC)c1. The molecule has 2 rings (SSSR count). The maximum absolute atomic E-state index is 13.7. The van der Waals surface area contributed by atoms with Gasteiger partial charge < -0.3 is 20.1 Å². The van der Waals surface area contributed by atoms with Crippen molar-refractivity contribution in [2.24, 2.45) is 4.99 Å². The van der Waals surface area contributed by atoms with Crippen LogP contribution in [-0.4, -0.2) is 26.7 Å². The van der Waals surface area contributed by atoms with Crippen LogP contribution >= 0.6 is 0 Å². The van der Waals surface area contributed by atoms with Gasteiger partial charge in [-0.2, -0.15) is 0 Å². The van der Waals surface area contributed by atoms with Gasteiger partial charge in [-0.3, -0.25) is 0 Å². The van der Waals surface area contributed by atoms with Crippen molar-refractivity contribution in [3.8, 4) is 5.75 Å². The Morgan fingerprint density at radius 3 is 2.65 bits per heavy atom. The van der Waals surface area contributed by atoms with Gasteiger partial charge in [0.2, 0.25) is 0 Å². The van der Waals surface area contributed by atoms with Crippen LogP contribution in [0.1, 0.15) is 23.6 Å². The highest BCUT2D eigenvalue weighted by atomic mass is 19.1. The van der Waals surface area contributed by atoms with E-state index in [1.807, 2.05) is 31.2 Å². The summed E-state index contributed by atoms with van der Waals surface area (Å²) < 4.78 is 24.0. The third kappa shape index (κ3) is 6.04. The van der Waals surface area contributed by atoms with E-state index >= 15 is 0 Å². The molecule has 140 valence electrons. The number of methoxy groups -OCH3 is 2. The van der Waals surface area contributed by atoms with E-state index in [9.17, 15) is 4.39 Å². The van der Waals surface area contributed by atoms with Crippen LogP contribution in [0.2, 0.25) is 0 Å². The molecule has 0 aliphatic carbocycles. The minimum atomic E-state index is -0.255. The summed E-state index contributed by atoms with van der Waals surface area (Å²) in [4.78, 5) is 4.59. The van der Waals surface area contributed by atoms with Crippen molar-refractivity contribution in [2.75, 3.05) is 20.8 Å². The molecule has 0 fully saturated rings. The van der Waals surface area contributed by atoms with Crippen molar-refractivity contribution in [3.05, 3.63) is 65.0 Å². The first-order valence-corrected chi connectivity index (χ1v) is 8.57. The van der Waals surface area contributed by atoms with Crippen molar-refractivity contribution in [1.29, 1.82) is 0 Å². The highest BCUT2D eigenvalue weighted by Crippen LogP contribution is 2.13. The van der Waals surface area contributed by atoms with Gasteiger partial charge >= 0.3 is 0 Å². The Hall–Kier alpha value is -2.60. The van der Waals surface area contributed by atoms with Gasteiger partial charge in [0.25, 0.3) is 0 Å². The molecule has 0 radical (unpaired) electrons. The maximum atomic E-state index is 13.7. The number of nitrogens with one attached hydrogen (secondary N) is 2. The minimum absolute atomic E-state index is 0.254. The number of hydrogen-bond acceptors (Lipinski definition) is 3. The first-order valence-electron chi connectivity index (χ1n) is 8.57. The molecule has 2 N–H and O–H groups in total. The summed E-state index contributed by atoms with van der Waals surface area (Å²) in [5, 5.41) is 6.48.